The highest BCUT2D eigenvalue weighted by Gasteiger charge is 2.15. The van der Waals surface area contributed by atoms with Gasteiger partial charge in [-0.05, 0) is 36.4 Å². The molecule has 0 aromatic heterocycles. The molecule has 0 saturated heterocycles. The third-order valence-corrected chi connectivity index (χ3v) is 3.60. The molecule has 0 bridgehead atoms. The minimum absolute atomic E-state index is 0.00629. The molecule has 0 unspecified atom stereocenters. The van der Waals surface area contributed by atoms with Crippen LogP contribution in [-0.2, 0) is 0 Å². The molecule has 2 aromatic carbocycles. The average Bonchev–Trinajstić information content (AvgIpc) is 2.55. The van der Waals surface area contributed by atoms with Gasteiger partial charge in [0, 0.05) is 10.0 Å². The first kappa shape index (κ1) is 16.8. The Morgan fingerprint density at radius 1 is 1.04 bits per heavy atom. The van der Waals surface area contributed by atoms with Gasteiger partial charge in [-0.2, -0.15) is 0 Å². The summed E-state index contributed by atoms with van der Waals surface area (Å²) in [5.74, 6) is -0.669. The molecule has 0 aliphatic rings. The van der Waals surface area contributed by atoms with Crippen LogP contribution >= 0.6 is 15.9 Å². The highest BCUT2D eigenvalue weighted by atomic mass is 79.9. The monoisotopic (exact) mass is 379 g/mol. The standard InChI is InChI=1S/C16H14BrNO5/c1-22-13-6-3-9(7-14(13)23-2)15(19)18-12-5-4-10(17)8-11(12)16(20)21/h3-8H,1-2H3,(H,18,19)(H,20,21). The van der Waals surface area contributed by atoms with Gasteiger partial charge < -0.3 is 19.9 Å². The van der Waals surface area contributed by atoms with E-state index in [9.17, 15) is 14.7 Å². The minimum Gasteiger partial charge on any atom is -0.493 e. The van der Waals surface area contributed by atoms with E-state index >= 15 is 0 Å². The van der Waals surface area contributed by atoms with Crippen molar-refractivity contribution in [2.24, 2.45) is 0 Å². The van der Waals surface area contributed by atoms with Crippen molar-refractivity contribution >= 4 is 33.5 Å². The van der Waals surface area contributed by atoms with Crippen molar-refractivity contribution in [3.8, 4) is 11.5 Å². The van der Waals surface area contributed by atoms with E-state index < -0.39 is 11.9 Å². The number of hydrogen-bond acceptors (Lipinski definition) is 4. The summed E-state index contributed by atoms with van der Waals surface area (Å²) in [6.07, 6.45) is 0. The van der Waals surface area contributed by atoms with Crippen LogP contribution in [0.1, 0.15) is 20.7 Å². The van der Waals surface area contributed by atoms with Crippen molar-refractivity contribution in [3.05, 3.63) is 52.0 Å². The Balaban J connectivity index is 2.31. The Morgan fingerprint density at radius 3 is 2.35 bits per heavy atom. The Bertz CT molecular complexity index is 760. The molecule has 0 fully saturated rings. The molecule has 0 spiro atoms. The molecule has 0 saturated carbocycles. The number of halogens is 1. The second-order valence-electron chi connectivity index (χ2n) is 4.52. The van der Waals surface area contributed by atoms with Crippen LogP contribution in [0.3, 0.4) is 0 Å². The number of carbonyl (C=O) groups excluding carboxylic acids is 1. The minimum atomic E-state index is -1.13. The molecule has 0 radical (unpaired) electrons. The Hall–Kier alpha value is -2.54. The maximum atomic E-state index is 12.3. The summed E-state index contributed by atoms with van der Waals surface area (Å²) in [5, 5.41) is 11.8. The number of nitrogens with one attached hydrogen (secondary N) is 1. The number of anilines is 1. The number of carbonyl (C=O) groups is 2. The van der Waals surface area contributed by atoms with E-state index in [0.717, 1.165) is 0 Å². The lowest BCUT2D eigenvalue weighted by Crippen LogP contribution is -2.15. The molecule has 0 atom stereocenters. The number of methoxy groups -OCH3 is 2. The van der Waals surface area contributed by atoms with Crippen LogP contribution in [0, 0.1) is 0 Å². The first-order chi connectivity index (χ1) is 11.0. The van der Waals surface area contributed by atoms with Crippen LogP contribution in [0.4, 0.5) is 5.69 Å². The zero-order chi connectivity index (χ0) is 17.0. The van der Waals surface area contributed by atoms with Crippen molar-refractivity contribution in [3.63, 3.8) is 0 Å². The Labute approximate surface area is 141 Å². The van der Waals surface area contributed by atoms with E-state index in [1.54, 1.807) is 18.2 Å². The van der Waals surface area contributed by atoms with E-state index in [1.165, 1.54) is 32.4 Å². The van der Waals surface area contributed by atoms with Gasteiger partial charge in [0.15, 0.2) is 11.5 Å². The fraction of sp³-hybridized carbons (Fsp3) is 0.125. The first-order valence-electron chi connectivity index (χ1n) is 6.52. The van der Waals surface area contributed by atoms with E-state index in [4.69, 9.17) is 9.47 Å². The number of aromatic carboxylic acids is 1. The lowest BCUT2D eigenvalue weighted by atomic mass is 10.1. The van der Waals surface area contributed by atoms with Gasteiger partial charge in [-0.1, -0.05) is 15.9 Å². The van der Waals surface area contributed by atoms with Gasteiger partial charge in [-0.15, -0.1) is 0 Å². The average molecular weight is 380 g/mol. The summed E-state index contributed by atoms with van der Waals surface area (Å²) in [7, 11) is 2.97. The number of amides is 1. The van der Waals surface area contributed by atoms with Crippen molar-refractivity contribution in [2.75, 3.05) is 19.5 Å². The van der Waals surface area contributed by atoms with Crippen molar-refractivity contribution in [1.82, 2.24) is 0 Å². The molecule has 2 rings (SSSR count). The maximum Gasteiger partial charge on any atom is 0.337 e. The smallest absolute Gasteiger partial charge is 0.337 e. The molecule has 2 N–H and O–H groups in total. The molecule has 1 amide bonds. The Morgan fingerprint density at radius 2 is 1.74 bits per heavy atom. The molecule has 7 heteroatoms. The number of rotatable bonds is 5. The molecule has 23 heavy (non-hydrogen) atoms. The van der Waals surface area contributed by atoms with E-state index in [1.807, 2.05) is 0 Å². The van der Waals surface area contributed by atoms with Crippen molar-refractivity contribution < 1.29 is 24.2 Å². The molecular formula is C16H14BrNO5. The lowest BCUT2D eigenvalue weighted by Gasteiger charge is -2.11. The summed E-state index contributed by atoms with van der Waals surface area (Å²) in [6.45, 7) is 0. The van der Waals surface area contributed by atoms with Crippen LogP contribution in [0.2, 0.25) is 0 Å². The maximum absolute atomic E-state index is 12.3. The first-order valence-corrected chi connectivity index (χ1v) is 7.31. The highest BCUT2D eigenvalue weighted by Crippen LogP contribution is 2.28. The molecule has 120 valence electrons. The van der Waals surface area contributed by atoms with Crippen molar-refractivity contribution in [2.45, 2.75) is 0 Å². The van der Waals surface area contributed by atoms with Gasteiger partial charge in [0.2, 0.25) is 0 Å². The number of carboxylic acid groups (broad SMARTS) is 1. The zero-order valence-electron chi connectivity index (χ0n) is 12.4. The summed E-state index contributed by atoms with van der Waals surface area (Å²) in [5.41, 5.74) is 0.524. The number of benzene rings is 2. The largest absolute Gasteiger partial charge is 0.493 e. The number of carboxylic acids is 1. The number of ether oxygens (including phenoxy) is 2. The fourth-order valence-corrected chi connectivity index (χ4v) is 2.34. The fourth-order valence-electron chi connectivity index (χ4n) is 1.97. The van der Waals surface area contributed by atoms with Gasteiger partial charge in [0.1, 0.15) is 0 Å². The second kappa shape index (κ2) is 7.15. The van der Waals surface area contributed by atoms with Crippen LogP contribution < -0.4 is 14.8 Å². The number of hydrogen-bond donors (Lipinski definition) is 2. The SMILES string of the molecule is COc1ccc(C(=O)Nc2ccc(Br)cc2C(=O)O)cc1OC. The van der Waals surface area contributed by atoms with Gasteiger partial charge >= 0.3 is 5.97 Å². The predicted octanol–water partition coefficient (Wildman–Crippen LogP) is 3.42. The van der Waals surface area contributed by atoms with Crippen LogP contribution in [0.25, 0.3) is 0 Å². The van der Waals surface area contributed by atoms with Crippen LogP contribution in [-0.4, -0.2) is 31.2 Å². The lowest BCUT2D eigenvalue weighted by molar-refractivity contribution is 0.0698. The molecule has 6 nitrogen and oxygen atoms in total. The Kier molecular flexibility index (Phi) is 5.23. The molecule has 2 aromatic rings. The van der Waals surface area contributed by atoms with Gasteiger partial charge in [-0.3, -0.25) is 4.79 Å². The summed E-state index contributed by atoms with van der Waals surface area (Å²) in [4.78, 5) is 23.6. The van der Waals surface area contributed by atoms with E-state index in [-0.39, 0.29) is 11.3 Å². The second-order valence-corrected chi connectivity index (χ2v) is 5.43. The van der Waals surface area contributed by atoms with Crippen LogP contribution in [0.5, 0.6) is 11.5 Å². The summed E-state index contributed by atoms with van der Waals surface area (Å²) in [6, 6.07) is 9.28. The van der Waals surface area contributed by atoms with Gasteiger partial charge in [-0.25, -0.2) is 4.79 Å². The van der Waals surface area contributed by atoms with E-state index in [0.29, 0.717) is 21.5 Å². The summed E-state index contributed by atoms with van der Waals surface area (Å²) >= 11 is 3.20. The zero-order valence-corrected chi connectivity index (χ0v) is 14.0. The van der Waals surface area contributed by atoms with Gasteiger partial charge in [0.25, 0.3) is 5.91 Å². The highest BCUT2D eigenvalue weighted by molar-refractivity contribution is 9.10. The van der Waals surface area contributed by atoms with Crippen LogP contribution in [0.15, 0.2) is 40.9 Å². The predicted molar refractivity (Wildman–Crippen MR) is 88.6 cm³/mol. The summed E-state index contributed by atoms with van der Waals surface area (Å²) < 4.78 is 10.9. The van der Waals surface area contributed by atoms with Gasteiger partial charge in [0.05, 0.1) is 25.5 Å². The third kappa shape index (κ3) is 3.81. The van der Waals surface area contributed by atoms with Crippen molar-refractivity contribution in [1.29, 1.82) is 0 Å². The quantitative estimate of drug-likeness (QED) is 0.831. The molecule has 0 heterocycles. The third-order valence-electron chi connectivity index (χ3n) is 3.11. The molecule has 0 aliphatic heterocycles. The topological polar surface area (TPSA) is 84.9 Å². The molecule has 0 aliphatic carbocycles. The van der Waals surface area contributed by atoms with E-state index in [2.05, 4.69) is 21.2 Å². The molecular weight excluding hydrogens is 366 g/mol. The normalized spacial score (nSPS) is 10.0.